The van der Waals surface area contributed by atoms with Crippen molar-refractivity contribution < 1.29 is 9.59 Å². The molecule has 0 radical (unpaired) electrons. The van der Waals surface area contributed by atoms with Crippen molar-refractivity contribution in [2.24, 2.45) is 0 Å². The third-order valence-electron chi connectivity index (χ3n) is 3.84. The summed E-state index contributed by atoms with van der Waals surface area (Å²) in [5, 5.41) is 2.88. The molecular formula is C19H17IN2O2S. The van der Waals surface area contributed by atoms with Crippen molar-refractivity contribution in [2.45, 2.75) is 13.3 Å². The van der Waals surface area contributed by atoms with Crippen molar-refractivity contribution in [3.05, 3.63) is 68.1 Å². The summed E-state index contributed by atoms with van der Waals surface area (Å²) in [6, 6.07) is 15.8. The summed E-state index contributed by atoms with van der Waals surface area (Å²) in [6.45, 7) is 2.27. The number of carbonyl (C=O) groups excluding carboxylic acids is 2. The Morgan fingerprint density at radius 3 is 2.40 bits per heavy atom. The van der Waals surface area contributed by atoms with E-state index in [0.29, 0.717) is 4.91 Å². The van der Waals surface area contributed by atoms with Crippen LogP contribution in [0.2, 0.25) is 0 Å². The Kier molecular flexibility index (Phi) is 5.80. The maximum Gasteiger partial charge on any atom is 0.295 e. The average molecular weight is 464 g/mol. The lowest BCUT2D eigenvalue weighted by molar-refractivity contribution is -0.122. The van der Waals surface area contributed by atoms with Gasteiger partial charge in [0.05, 0.1) is 11.6 Å². The van der Waals surface area contributed by atoms with Gasteiger partial charge in [-0.3, -0.25) is 14.5 Å². The van der Waals surface area contributed by atoms with E-state index in [4.69, 9.17) is 0 Å². The van der Waals surface area contributed by atoms with E-state index in [1.165, 1.54) is 10.5 Å². The molecule has 1 aliphatic rings. The first kappa shape index (κ1) is 18.0. The number of imide groups is 1. The van der Waals surface area contributed by atoms with Crippen LogP contribution in [0.3, 0.4) is 0 Å². The quantitative estimate of drug-likeness (QED) is 0.502. The zero-order valence-corrected chi connectivity index (χ0v) is 16.6. The van der Waals surface area contributed by atoms with Crippen LogP contribution in [0.25, 0.3) is 6.08 Å². The van der Waals surface area contributed by atoms with Crippen LogP contribution in [0.5, 0.6) is 0 Å². The molecule has 3 rings (SSSR count). The van der Waals surface area contributed by atoms with Crippen molar-refractivity contribution in [2.75, 3.05) is 12.0 Å². The molecule has 0 atom stereocenters. The van der Waals surface area contributed by atoms with Gasteiger partial charge in [0.15, 0.2) is 0 Å². The Hall–Kier alpha value is -1.80. The number of nitrogens with zero attached hydrogens (tertiary/aromatic N) is 1. The van der Waals surface area contributed by atoms with E-state index >= 15 is 0 Å². The largest absolute Gasteiger partial charge is 0.367 e. The van der Waals surface area contributed by atoms with Gasteiger partial charge in [0.2, 0.25) is 0 Å². The average Bonchev–Trinajstić information content (AvgIpc) is 2.89. The molecule has 1 fully saturated rings. The highest BCUT2D eigenvalue weighted by atomic mass is 127. The third kappa shape index (κ3) is 4.43. The van der Waals surface area contributed by atoms with Crippen LogP contribution >= 0.6 is 34.4 Å². The van der Waals surface area contributed by atoms with Gasteiger partial charge in [-0.05, 0) is 82.2 Å². The van der Waals surface area contributed by atoms with Crippen LogP contribution in [-0.4, -0.2) is 22.7 Å². The van der Waals surface area contributed by atoms with Crippen LogP contribution in [0.15, 0.2) is 53.4 Å². The highest BCUT2D eigenvalue weighted by molar-refractivity contribution is 14.1. The van der Waals surface area contributed by atoms with Crippen molar-refractivity contribution in [1.29, 1.82) is 0 Å². The van der Waals surface area contributed by atoms with Crippen LogP contribution in [-0.2, 0) is 11.2 Å². The number of benzene rings is 2. The van der Waals surface area contributed by atoms with Gasteiger partial charge in [-0.25, -0.2) is 0 Å². The molecule has 128 valence electrons. The summed E-state index contributed by atoms with van der Waals surface area (Å²) in [6.07, 6.45) is 2.74. The Morgan fingerprint density at radius 1 is 1.08 bits per heavy atom. The zero-order valence-electron chi connectivity index (χ0n) is 13.7. The number of anilines is 1. The number of carbonyl (C=O) groups is 2. The minimum absolute atomic E-state index is 0.167. The highest BCUT2D eigenvalue weighted by Gasteiger charge is 2.34. The second-order valence-electron chi connectivity index (χ2n) is 5.55. The minimum atomic E-state index is -0.258. The number of halogens is 1. The molecule has 25 heavy (non-hydrogen) atoms. The molecule has 2 amide bonds. The molecule has 1 N–H and O–H groups in total. The number of aryl methyl sites for hydroxylation is 1. The van der Waals surface area contributed by atoms with E-state index in [2.05, 4.69) is 34.8 Å². The van der Waals surface area contributed by atoms with Crippen LogP contribution in [0, 0.1) is 3.57 Å². The molecular weight excluding hydrogens is 447 g/mol. The zero-order chi connectivity index (χ0) is 17.8. The topological polar surface area (TPSA) is 49.4 Å². The summed E-state index contributed by atoms with van der Waals surface area (Å²) in [4.78, 5) is 26.3. The summed E-state index contributed by atoms with van der Waals surface area (Å²) in [5.41, 5.74) is 3.05. The molecule has 0 unspecified atom stereocenters. The summed E-state index contributed by atoms with van der Waals surface area (Å²) in [7, 11) is 0. The molecule has 0 saturated carbocycles. The molecule has 0 aliphatic carbocycles. The molecule has 1 saturated heterocycles. The van der Waals surface area contributed by atoms with Crippen LogP contribution in [0.1, 0.15) is 18.1 Å². The van der Waals surface area contributed by atoms with Gasteiger partial charge < -0.3 is 5.32 Å². The van der Waals surface area contributed by atoms with Crippen molar-refractivity contribution >= 4 is 57.3 Å². The highest BCUT2D eigenvalue weighted by Crippen LogP contribution is 2.32. The lowest BCUT2D eigenvalue weighted by Crippen LogP contribution is -2.33. The molecule has 1 aliphatic heterocycles. The second-order valence-corrected chi connectivity index (χ2v) is 7.79. The number of amides is 2. The second kappa shape index (κ2) is 8.05. The normalized spacial score (nSPS) is 15.9. The molecule has 0 bridgehead atoms. The van der Waals surface area contributed by atoms with Crippen LogP contribution in [0.4, 0.5) is 10.5 Å². The van der Waals surface area contributed by atoms with E-state index in [9.17, 15) is 9.59 Å². The first-order chi connectivity index (χ1) is 12.1. The molecule has 6 heteroatoms. The van der Waals surface area contributed by atoms with Gasteiger partial charge in [-0.1, -0.05) is 31.2 Å². The molecule has 2 aromatic carbocycles. The number of rotatable bonds is 5. The SMILES string of the molecule is CCc1ccc(NCN2C(=O)S/C(=C\c3ccc(I)cc3)C2=O)cc1. The molecule has 0 aromatic heterocycles. The number of nitrogens with one attached hydrogen (secondary N) is 1. The Balaban J connectivity index is 1.67. The number of hydrogen-bond acceptors (Lipinski definition) is 4. The summed E-state index contributed by atoms with van der Waals surface area (Å²) >= 11 is 3.21. The lowest BCUT2D eigenvalue weighted by atomic mass is 10.1. The fourth-order valence-corrected chi connectivity index (χ4v) is 3.57. The Bertz CT molecular complexity index is 816. The van der Waals surface area contributed by atoms with Crippen molar-refractivity contribution in [1.82, 2.24) is 4.90 Å². The number of hydrogen-bond donors (Lipinski definition) is 1. The van der Waals surface area contributed by atoms with Gasteiger partial charge in [-0.15, -0.1) is 0 Å². The number of thioether (sulfide) groups is 1. The maximum absolute atomic E-state index is 12.5. The van der Waals surface area contributed by atoms with Gasteiger partial charge in [0.25, 0.3) is 11.1 Å². The molecule has 4 nitrogen and oxygen atoms in total. The van der Waals surface area contributed by atoms with Gasteiger partial charge in [0.1, 0.15) is 0 Å². The van der Waals surface area contributed by atoms with E-state index in [0.717, 1.165) is 33.0 Å². The first-order valence-electron chi connectivity index (χ1n) is 7.90. The summed E-state index contributed by atoms with van der Waals surface area (Å²) in [5.74, 6) is -0.258. The maximum atomic E-state index is 12.5. The van der Waals surface area contributed by atoms with E-state index in [1.54, 1.807) is 6.08 Å². The predicted octanol–water partition coefficient (Wildman–Crippen LogP) is 4.96. The van der Waals surface area contributed by atoms with Crippen LogP contribution < -0.4 is 5.32 Å². The standard InChI is InChI=1S/C19H17IN2O2S/c1-2-13-5-9-16(10-6-13)21-12-22-18(23)17(25-19(22)24)11-14-3-7-15(20)8-4-14/h3-11,21H,2,12H2,1H3/b17-11-. The Labute approximate surface area is 164 Å². The van der Waals surface area contributed by atoms with Crippen molar-refractivity contribution in [3.63, 3.8) is 0 Å². The Morgan fingerprint density at radius 2 is 1.76 bits per heavy atom. The monoisotopic (exact) mass is 464 g/mol. The first-order valence-corrected chi connectivity index (χ1v) is 9.80. The van der Waals surface area contributed by atoms with E-state index < -0.39 is 0 Å². The van der Waals surface area contributed by atoms with Gasteiger partial charge in [0, 0.05) is 9.26 Å². The smallest absolute Gasteiger partial charge is 0.295 e. The lowest BCUT2D eigenvalue weighted by Gasteiger charge is -2.14. The van der Waals surface area contributed by atoms with Gasteiger partial charge in [-0.2, -0.15) is 0 Å². The third-order valence-corrected chi connectivity index (χ3v) is 5.47. The molecule has 1 heterocycles. The van der Waals surface area contributed by atoms with E-state index in [1.807, 2.05) is 48.5 Å². The van der Waals surface area contributed by atoms with E-state index in [-0.39, 0.29) is 17.8 Å². The van der Waals surface area contributed by atoms with Gasteiger partial charge >= 0.3 is 0 Å². The van der Waals surface area contributed by atoms with Crippen molar-refractivity contribution in [3.8, 4) is 0 Å². The fourth-order valence-electron chi connectivity index (χ4n) is 2.38. The minimum Gasteiger partial charge on any atom is -0.367 e. The fraction of sp³-hybridized carbons (Fsp3) is 0.158. The predicted molar refractivity (Wildman–Crippen MR) is 111 cm³/mol. The molecule has 2 aromatic rings. The summed E-state index contributed by atoms with van der Waals surface area (Å²) < 4.78 is 1.13. The molecule has 0 spiro atoms.